The molecule has 1 heterocycles. The Hall–Kier alpha value is -3.18. The highest BCUT2D eigenvalue weighted by Crippen LogP contribution is 2.26. The summed E-state index contributed by atoms with van der Waals surface area (Å²) < 4.78 is 37.4. The van der Waals surface area contributed by atoms with Gasteiger partial charge in [0.25, 0.3) is 11.5 Å². The van der Waals surface area contributed by atoms with E-state index in [0.29, 0.717) is 11.1 Å². The average Bonchev–Trinajstić information content (AvgIpc) is 2.71. The molecular formula is C20H21FN4O5S. The number of fused-ring (bicyclic) bond motifs is 1. The molecule has 0 unspecified atom stereocenters. The zero-order valence-corrected chi connectivity index (χ0v) is 17.9. The Kier molecular flexibility index (Phi) is 5.92. The van der Waals surface area contributed by atoms with Crippen molar-refractivity contribution in [2.24, 2.45) is 0 Å². The topological polar surface area (TPSA) is 131 Å². The molecule has 0 bridgehead atoms. The summed E-state index contributed by atoms with van der Waals surface area (Å²) >= 11 is 0. The Morgan fingerprint density at radius 3 is 2.58 bits per heavy atom. The number of benzene rings is 2. The molecule has 2 aromatic carbocycles. The molecular weight excluding hydrogens is 427 g/mol. The van der Waals surface area contributed by atoms with Crippen LogP contribution in [0.1, 0.15) is 18.9 Å². The number of carbonyl (C=O) groups is 1. The van der Waals surface area contributed by atoms with Gasteiger partial charge in [-0.15, -0.1) is 5.10 Å². The van der Waals surface area contributed by atoms with Gasteiger partial charge in [0.2, 0.25) is 0 Å². The molecule has 31 heavy (non-hydrogen) atoms. The predicted molar refractivity (Wildman–Crippen MR) is 112 cm³/mol. The summed E-state index contributed by atoms with van der Waals surface area (Å²) in [5.74, 6) is -1.51. The number of nitrogens with one attached hydrogen (secondary N) is 1. The molecule has 164 valence electrons. The molecule has 0 saturated carbocycles. The van der Waals surface area contributed by atoms with Gasteiger partial charge in [0.15, 0.2) is 14.6 Å². The first-order valence-corrected chi connectivity index (χ1v) is 11.2. The molecule has 0 spiro atoms. The number of hydrogen-bond donors (Lipinski definition) is 2. The first-order valence-electron chi connectivity index (χ1n) is 9.26. The van der Waals surface area contributed by atoms with Crippen molar-refractivity contribution in [1.82, 2.24) is 20.5 Å². The minimum Gasteiger partial charge on any atom is -0.289 e. The third-order valence-corrected chi connectivity index (χ3v) is 7.39. The lowest BCUT2D eigenvalue weighted by Gasteiger charge is -2.24. The number of rotatable bonds is 6. The number of hydroxylamine groups is 1. The minimum absolute atomic E-state index is 0.207. The molecule has 0 radical (unpaired) electrons. The second-order valence-corrected chi connectivity index (χ2v) is 9.97. The molecule has 0 aliphatic rings. The van der Waals surface area contributed by atoms with Gasteiger partial charge in [-0.25, -0.2) is 23.0 Å². The summed E-state index contributed by atoms with van der Waals surface area (Å²) in [6.07, 6.45) is 0.549. The summed E-state index contributed by atoms with van der Waals surface area (Å²) in [6, 6.07) is 9.44. The third-order valence-electron chi connectivity index (χ3n) is 5.36. The Bertz CT molecular complexity index is 1340. The van der Waals surface area contributed by atoms with E-state index in [4.69, 9.17) is 5.21 Å². The zero-order valence-electron chi connectivity index (χ0n) is 17.1. The number of halogens is 1. The van der Waals surface area contributed by atoms with Crippen molar-refractivity contribution in [3.63, 3.8) is 0 Å². The van der Waals surface area contributed by atoms with Crippen molar-refractivity contribution in [1.29, 1.82) is 0 Å². The van der Waals surface area contributed by atoms with Gasteiger partial charge in [-0.2, -0.15) is 0 Å². The van der Waals surface area contributed by atoms with Crippen LogP contribution in [0.15, 0.2) is 41.2 Å². The molecule has 3 aromatic rings. The zero-order chi connectivity index (χ0) is 23.0. The molecule has 1 aromatic heterocycles. The van der Waals surface area contributed by atoms with Crippen molar-refractivity contribution in [3.8, 4) is 11.1 Å². The van der Waals surface area contributed by atoms with E-state index in [2.05, 4.69) is 10.3 Å². The molecule has 9 nitrogen and oxygen atoms in total. The van der Waals surface area contributed by atoms with Crippen LogP contribution >= 0.6 is 0 Å². The second-order valence-electron chi connectivity index (χ2n) is 7.53. The van der Waals surface area contributed by atoms with Crippen molar-refractivity contribution in [3.05, 3.63) is 58.1 Å². The SMILES string of the molecule is Cc1ccc(-c2ccc3c(=O)n(CC[C@](C)(C(=O)NO)S(C)(=O)=O)nnc3c2)c(F)c1. The average molecular weight is 448 g/mol. The lowest BCUT2D eigenvalue weighted by atomic mass is 10.0. The van der Waals surface area contributed by atoms with E-state index >= 15 is 0 Å². The van der Waals surface area contributed by atoms with Crippen LogP contribution in [0.3, 0.4) is 0 Å². The second kappa shape index (κ2) is 8.16. The fourth-order valence-electron chi connectivity index (χ4n) is 3.15. The molecule has 0 aliphatic heterocycles. The lowest BCUT2D eigenvalue weighted by Crippen LogP contribution is -2.50. The molecule has 2 N–H and O–H groups in total. The first kappa shape index (κ1) is 22.5. The van der Waals surface area contributed by atoms with Crippen LogP contribution in [-0.2, 0) is 21.2 Å². The van der Waals surface area contributed by atoms with E-state index in [1.54, 1.807) is 31.2 Å². The third kappa shape index (κ3) is 4.19. The van der Waals surface area contributed by atoms with Crippen LogP contribution in [0.4, 0.5) is 4.39 Å². The van der Waals surface area contributed by atoms with Gasteiger partial charge in [-0.3, -0.25) is 14.8 Å². The Balaban J connectivity index is 1.96. The normalized spacial score (nSPS) is 13.7. The van der Waals surface area contributed by atoms with Gasteiger partial charge in [0.05, 0.1) is 5.39 Å². The van der Waals surface area contributed by atoms with E-state index in [-0.39, 0.29) is 23.9 Å². The van der Waals surface area contributed by atoms with Crippen LogP contribution in [0.2, 0.25) is 0 Å². The van der Waals surface area contributed by atoms with Gasteiger partial charge in [0, 0.05) is 18.4 Å². The first-order chi connectivity index (χ1) is 14.5. The summed E-state index contributed by atoms with van der Waals surface area (Å²) in [4.78, 5) is 24.7. The Morgan fingerprint density at radius 2 is 1.97 bits per heavy atom. The van der Waals surface area contributed by atoms with Crippen LogP contribution < -0.4 is 11.0 Å². The van der Waals surface area contributed by atoms with Crippen molar-refractivity contribution < 1.29 is 22.8 Å². The van der Waals surface area contributed by atoms with E-state index < -0.39 is 31.9 Å². The van der Waals surface area contributed by atoms with Crippen LogP contribution in [0.5, 0.6) is 0 Å². The number of aryl methyl sites for hydroxylation is 2. The molecule has 1 atom stereocenters. The number of sulfone groups is 1. The summed E-state index contributed by atoms with van der Waals surface area (Å²) in [5.41, 5.74) is 2.72. The van der Waals surface area contributed by atoms with E-state index in [1.807, 2.05) is 0 Å². The van der Waals surface area contributed by atoms with Crippen molar-refractivity contribution in [2.75, 3.05) is 6.26 Å². The lowest BCUT2D eigenvalue weighted by molar-refractivity contribution is -0.131. The van der Waals surface area contributed by atoms with Gasteiger partial charge < -0.3 is 0 Å². The van der Waals surface area contributed by atoms with Crippen LogP contribution in [0, 0.1) is 12.7 Å². The minimum atomic E-state index is -3.92. The smallest absolute Gasteiger partial charge is 0.277 e. The largest absolute Gasteiger partial charge is 0.289 e. The maximum absolute atomic E-state index is 14.3. The molecule has 1 amide bonds. The van der Waals surface area contributed by atoms with Gasteiger partial charge in [-0.1, -0.05) is 23.4 Å². The van der Waals surface area contributed by atoms with E-state index in [9.17, 15) is 22.4 Å². The Morgan fingerprint density at radius 1 is 1.26 bits per heavy atom. The number of amides is 1. The molecule has 0 fully saturated rings. The number of nitrogens with zero attached hydrogens (tertiary/aromatic N) is 3. The standard InChI is InChI=1S/C20H21FN4O5S/c1-12-4-6-14(16(21)10-12)13-5-7-15-17(11-13)22-24-25(18(15)26)9-8-20(2,19(27)23-28)31(3,29)30/h4-7,10-11,28H,8-9H2,1-3H3,(H,23,27)/t20-/m1/s1. The van der Waals surface area contributed by atoms with E-state index in [0.717, 1.165) is 23.4 Å². The highest BCUT2D eigenvalue weighted by molar-refractivity contribution is 7.92. The fraction of sp³-hybridized carbons (Fsp3) is 0.300. The maximum atomic E-state index is 14.3. The van der Waals surface area contributed by atoms with Gasteiger partial charge in [0.1, 0.15) is 11.3 Å². The molecule has 11 heteroatoms. The number of carbonyl (C=O) groups excluding carboxylic acids is 1. The van der Waals surface area contributed by atoms with Crippen molar-refractivity contribution >= 4 is 26.6 Å². The number of aromatic nitrogens is 3. The number of hydrogen-bond acceptors (Lipinski definition) is 7. The van der Waals surface area contributed by atoms with Gasteiger partial charge >= 0.3 is 0 Å². The summed E-state index contributed by atoms with van der Waals surface area (Å²) in [7, 11) is -3.92. The quantitative estimate of drug-likeness (QED) is 0.433. The highest BCUT2D eigenvalue weighted by atomic mass is 32.2. The molecule has 3 rings (SSSR count). The molecule has 0 saturated heterocycles. The monoisotopic (exact) mass is 448 g/mol. The van der Waals surface area contributed by atoms with Crippen LogP contribution in [0.25, 0.3) is 22.0 Å². The van der Waals surface area contributed by atoms with Crippen molar-refractivity contribution in [2.45, 2.75) is 31.6 Å². The predicted octanol–water partition coefficient (Wildman–Crippen LogP) is 1.60. The highest BCUT2D eigenvalue weighted by Gasteiger charge is 2.43. The summed E-state index contributed by atoms with van der Waals surface area (Å²) in [6.45, 7) is 2.70. The summed E-state index contributed by atoms with van der Waals surface area (Å²) in [5, 5.41) is 16.9. The maximum Gasteiger partial charge on any atom is 0.277 e. The molecule has 0 aliphatic carbocycles. The van der Waals surface area contributed by atoms with E-state index in [1.165, 1.54) is 17.6 Å². The van der Waals surface area contributed by atoms with Crippen LogP contribution in [-0.4, -0.2) is 45.5 Å². The Labute approximate surface area is 177 Å². The fourth-order valence-corrected chi connectivity index (χ4v) is 3.99. The van der Waals surface area contributed by atoms with Gasteiger partial charge in [-0.05, 0) is 49.6 Å².